The third-order valence-electron chi connectivity index (χ3n) is 3.56. The van der Waals surface area contributed by atoms with E-state index in [2.05, 4.69) is 28.3 Å². The quantitative estimate of drug-likeness (QED) is 0.493. The van der Waals surface area contributed by atoms with E-state index in [1.165, 1.54) is 36.8 Å². The molecule has 2 aromatic heterocycles. The van der Waals surface area contributed by atoms with E-state index in [1.54, 1.807) is 23.1 Å². The van der Waals surface area contributed by atoms with Crippen LogP contribution in [0, 0.1) is 0 Å². The third kappa shape index (κ3) is 3.15. The molecule has 0 aliphatic heterocycles. The fourth-order valence-electron chi connectivity index (χ4n) is 2.58. The minimum atomic E-state index is 0.571. The molecule has 0 unspecified atom stereocenters. The fraction of sp³-hybridized carbons (Fsp3) is 0.467. The number of hydrogen-bond acceptors (Lipinski definition) is 5. The topological polar surface area (TPSA) is 37.8 Å². The minimum absolute atomic E-state index is 0.571. The fourth-order valence-corrected chi connectivity index (χ4v) is 3.95. The van der Waals surface area contributed by atoms with Crippen molar-refractivity contribution < 1.29 is 0 Å². The Bertz CT molecular complexity index is 588. The Morgan fingerprint density at radius 2 is 2.20 bits per heavy atom. The van der Waals surface area contributed by atoms with Crippen molar-refractivity contribution >= 4 is 39.1 Å². The van der Waals surface area contributed by atoms with Gasteiger partial charge < -0.3 is 5.32 Å². The van der Waals surface area contributed by atoms with E-state index >= 15 is 0 Å². The highest BCUT2D eigenvalue weighted by molar-refractivity contribution is 7.99. The van der Waals surface area contributed by atoms with Gasteiger partial charge in [-0.1, -0.05) is 37.1 Å². The SMILES string of the molecule is C=CCSc1nc(NC2CCCCC2)c2sccc2n1. The van der Waals surface area contributed by atoms with Crippen LogP contribution in [-0.4, -0.2) is 21.8 Å². The molecule has 0 spiro atoms. The molecule has 20 heavy (non-hydrogen) atoms. The predicted molar refractivity (Wildman–Crippen MR) is 88.8 cm³/mol. The average Bonchev–Trinajstić information content (AvgIpc) is 2.95. The van der Waals surface area contributed by atoms with Gasteiger partial charge in [-0.2, -0.15) is 0 Å². The Labute approximate surface area is 127 Å². The number of hydrogen-bond donors (Lipinski definition) is 1. The number of nitrogens with one attached hydrogen (secondary N) is 1. The molecule has 1 aliphatic carbocycles. The molecule has 1 saturated carbocycles. The van der Waals surface area contributed by atoms with E-state index in [-0.39, 0.29) is 0 Å². The molecule has 1 aliphatic rings. The number of thioether (sulfide) groups is 1. The summed E-state index contributed by atoms with van der Waals surface area (Å²) in [6, 6.07) is 2.65. The van der Waals surface area contributed by atoms with Gasteiger partial charge in [0.05, 0.1) is 10.2 Å². The molecule has 0 bridgehead atoms. The largest absolute Gasteiger partial charge is 0.366 e. The highest BCUT2D eigenvalue weighted by Gasteiger charge is 2.16. The summed E-state index contributed by atoms with van der Waals surface area (Å²) in [6.45, 7) is 3.75. The van der Waals surface area contributed by atoms with Gasteiger partial charge in [0.15, 0.2) is 5.16 Å². The van der Waals surface area contributed by atoms with E-state index in [4.69, 9.17) is 4.98 Å². The predicted octanol–water partition coefficient (Wildman–Crippen LogP) is 4.71. The second-order valence-electron chi connectivity index (χ2n) is 5.07. The molecule has 1 N–H and O–H groups in total. The lowest BCUT2D eigenvalue weighted by Crippen LogP contribution is -2.23. The second kappa shape index (κ2) is 6.59. The normalized spacial score (nSPS) is 16.4. The summed E-state index contributed by atoms with van der Waals surface area (Å²) in [5.41, 5.74) is 1.05. The number of rotatable bonds is 5. The molecule has 0 saturated heterocycles. The molecule has 0 aromatic carbocycles. The Balaban J connectivity index is 1.86. The van der Waals surface area contributed by atoms with Crippen LogP contribution in [-0.2, 0) is 0 Å². The molecule has 0 radical (unpaired) electrons. The van der Waals surface area contributed by atoms with Gasteiger partial charge in [-0.3, -0.25) is 0 Å². The van der Waals surface area contributed by atoms with Crippen LogP contribution in [0.1, 0.15) is 32.1 Å². The van der Waals surface area contributed by atoms with Crippen LogP contribution < -0.4 is 5.32 Å². The van der Waals surface area contributed by atoms with Gasteiger partial charge in [-0.15, -0.1) is 17.9 Å². The van der Waals surface area contributed by atoms with E-state index in [9.17, 15) is 0 Å². The maximum Gasteiger partial charge on any atom is 0.190 e. The van der Waals surface area contributed by atoms with Crippen molar-refractivity contribution in [2.24, 2.45) is 0 Å². The number of aromatic nitrogens is 2. The van der Waals surface area contributed by atoms with Crippen molar-refractivity contribution in [2.45, 2.75) is 43.3 Å². The van der Waals surface area contributed by atoms with Crippen LogP contribution in [0.2, 0.25) is 0 Å². The standard InChI is InChI=1S/C15H19N3S2/c1-2-9-20-15-17-12-8-10-19-13(12)14(18-15)16-11-6-4-3-5-7-11/h2,8,10-11H,1,3-7,9H2,(H,16,17,18). The van der Waals surface area contributed by atoms with Crippen molar-refractivity contribution in [3.8, 4) is 0 Å². The molecule has 3 rings (SSSR count). The highest BCUT2D eigenvalue weighted by atomic mass is 32.2. The van der Waals surface area contributed by atoms with Crippen molar-refractivity contribution in [3.63, 3.8) is 0 Å². The first-order valence-corrected chi connectivity index (χ1v) is 8.99. The zero-order valence-electron chi connectivity index (χ0n) is 11.5. The molecule has 106 valence electrons. The lowest BCUT2D eigenvalue weighted by Gasteiger charge is -2.23. The maximum atomic E-state index is 4.71. The Kier molecular flexibility index (Phi) is 4.58. The van der Waals surface area contributed by atoms with Gasteiger partial charge in [0.2, 0.25) is 0 Å². The first kappa shape index (κ1) is 13.9. The lowest BCUT2D eigenvalue weighted by molar-refractivity contribution is 0.462. The molecular weight excluding hydrogens is 286 g/mol. The number of thiophene rings is 1. The lowest BCUT2D eigenvalue weighted by atomic mass is 9.95. The van der Waals surface area contributed by atoms with E-state index in [1.807, 2.05) is 6.08 Å². The summed E-state index contributed by atoms with van der Waals surface area (Å²) in [5, 5.41) is 6.58. The Morgan fingerprint density at radius 3 is 3.00 bits per heavy atom. The van der Waals surface area contributed by atoms with Gasteiger partial charge >= 0.3 is 0 Å². The molecule has 0 atom stereocenters. The molecule has 2 aromatic rings. The van der Waals surface area contributed by atoms with Crippen LogP contribution in [0.5, 0.6) is 0 Å². The second-order valence-corrected chi connectivity index (χ2v) is 6.97. The highest BCUT2D eigenvalue weighted by Crippen LogP contribution is 2.31. The minimum Gasteiger partial charge on any atom is -0.366 e. The van der Waals surface area contributed by atoms with Crippen LogP contribution >= 0.6 is 23.1 Å². The van der Waals surface area contributed by atoms with Crippen molar-refractivity contribution in [1.29, 1.82) is 0 Å². The average molecular weight is 305 g/mol. The van der Waals surface area contributed by atoms with Gasteiger partial charge in [0.1, 0.15) is 5.82 Å². The first-order valence-electron chi connectivity index (χ1n) is 7.12. The smallest absolute Gasteiger partial charge is 0.190 e. The van der Waals surface area contributed by atoms with E-state index in [0.29, 0.717) is 6.04 Å². The molecular formula is C15H19N3S2. The van der Waals surface area contributed by atoms with Gasteiger partial charge in [0.25, 0.3) is 0 Å². The maximum absolute atomic E-state index is 4.71. The molecule has 2 heterocycles. The summed E-state index contributed by atoms with van der Waals surface area (Å²) in [7, 11) is 0. The number of fused-ring (bicyclic) bond motifs is 1. The molecule has 0 amide bonds. The van der Waals surface area contributed by atoms with E-state index < -0.39 is 0 Å². The summed E-state index contributed by atoms with van der Waals surface area (Å²) >= 11 is 3.36. The summed E-state index contributed by atoms with van der Waals surface area (Å²) in [6.07, 6.45) is 8.43. The summed E-state index contributed by atoms with van der Waals surface area (Å²) in [4.78, 5) is 9.31. The third-order valence-corrected chi connectivity index (χ3v) is 5.31. The van der Waals surface area contributed by atoms with Crippen LogP contribution in [0.25, 0.3) is 10.2 Å². The van der Waals surface area contributed by atoms with Crippen LogP contribution in [0.4, 0.5) is 5.82 Å². The van der Waals surface area contributed by atoms with Gasteiger partial charge in [0, 0.05) is 11.8 Å². The summed E-state index contributed by atoms with van der Waals surface area (Å²) in [5.74, 6) is 1.86. The van der Waals surface area contributed by atoms with Gasteiger partial charge in [-0.25, -0.2) is 9.97 Å². The van der Waals surface area contributed by atoms with Gasteiger partial charge in [-0.05, 0) is 24.3 Å². The molecule has 1 fully saturated rings. The zero-order chi connectivity index (χ0) is 13.8. The van der Waals surface area contributed by atoms with Crippen molar-refractivity contribution in [2.75, 3.05) is 11.1 Å². The van der Waals surface area contributed by atoms with Crippen LogP contribution in [0.3, 0.4) is 0 Å². The van der Waals surface area contributed by atoms with Crippen LogP contribution in [0.15, 0.2) is 29.3 Å². The summed E-state index contributed by atoms with van der Waals surface area (Å²) < 4.78 is 1.18. The monoisotopic (exact) mass is 305 g/mol. The van der Waals surface area contributed by atoms with Crippen molar-refractivity contribution in [3.05, 3.63) is 24.1 Å². The molecule has 3 nitrogen and oxygen atoms in total. The van der Waals surface area contributed by atoms with Crippen molar-refractivity contribution in [1.82, 2.24) is 9.97 Å². The Hall–Kier alpha value is -1.07. The Morgan fingerprint density at radius 1 is 1.35 bits per heavy atom. The first-order chi connectivity index (χ1) is 9.86. The number of nitrogens with zero attached hydrogens (tertiary/aromatic N) is 2. The zero-order valence-corrected chi connectivity index (χ0v) is 13.1. The molecule has 5 heteroatoms. The number of anilines is 1. The van der Waals surface area contributed by atoms with E-state index in [0.717, 1.165) is 22.2 Å².